The average Bonchev–Trinajstić information content (AvgIpc) is 2.82. The van der Waals surface area contributed by atoms with Gasteiger partial charge >= 0.3 is 0 Å². The molecule has 0 aliphatic carbocycles. The van der Waals surface area contributed by atoms with Crippen LogP contribution in [0.3, 0.4) is 0 Å². The maximum atomic E-state index is 12.4. The van der Waals surface area contributed by atoms with Crippen molar-refractivity contribution in [1.29, 1.82) is 0 Å². The molecule has 0 radical (unpaired) electrons. The van der Waals surface area contributed by atoms with Crippen LogP contribution in [0.4, 0.5) is 11.4 Å². The first-order chi connectivity index (χ1) is 13.5. The zero-order chi connectivity index (χ0) is 20.1. The summed E-state index contributed by atoms with van der Waals surface area (Å²) in [4.78, 5) is 37.0. The molecule has 8 nitrogen and oxygen atoms in total. The molecule has 1 heterocycles. The second kappa shape index (κ2) is 8.43. The van der Waals surface area contributed by atoms with Crippen LogP contribution in [0.1, 0.15) is 23.2 Å². The van der Waals surface area contributed by atoms with Crippen LogP contribution in [-0.2, 0) is 9.59 Å². The van der Waals surface area contributed by atoms with Gasteiger partial charge in [-0.3, -0.25) is 14.4 Å². The van der Waals surface area contributed by atoms with Gasteiger partial charge in [0, 0.05) is 30.3 Å². The van der Waals surface area contributed by atoms with Gasteiger partial charge in [-0.2, -0.15) is 0 Å². The molecule has 1 atom stereocenters. The number of rotatable bonds is 6. The van der Waals surface area contributed by atoms with E-state index < -0.39 is 6.04 Å². The molecular weight excluding hydrogens is 362 g/mol. The Morgan fingerprint density at radius 3 is 2.43 bits per heavy atom. The third-order valence-electron chi connectivity index (χ3n) is 4.35. The molecule has 3 rings (SSSR count). The van der Waals surface area contributed by atoms with Gasteiger partial charge in [0.15, 0.2) is 0 Å². The van der Waals surface area contributed by atoms with Crippen LogP contribution >= 0.6 is 0 Å². The van der Waals surface area contributed by atoms with Crippen molar-refractivity contribution in [2.75, 3.05) is 24.9 Å². The molecule has 0 saturated carbocycles. The normalized spacial score (nSPS) is 15.6. The highest BCUT2D eigenvalue weighted by molar-refractivity contribution is 6.10. The van der Waals surface area contributed by atoms with Gasteiger partial charge in [-0.25, -0.2) is 0 Å². The maximum Gasteiger partial charge on any atom is 0.254 e. The fraction of sp³-hybridized carbons (Fsp3) is 0.250. The van der Waals surface area contributed by atoms with Gasteiger partial charge < -0.3 is 25.4 Å². The second-order valence-corrected chi connectivity index (χ2v) is 6.25. The molecule has 146 valence electrons. The summed E-state index contributed by atoms with van der Waals surface area (Å²) < 4.78 is 10.3. The fourth-order valence-corrected chi connectivity index (χ4v) is 2.89. The highest BCUT2D eigenvalue weighted by Gasteiger charge is 2.27. The van der Waals surface area contributed by atoms with Gasteiger partial charge in [0.2, 0.25) is 11.8 Å². The number of hydrogen-bond acceptors (Lipinski definition) is 5. The van der Waals surface area contributed by atoms with E-state index in [2.05, 4.69) is 16.0 Å². The van der Waals surface area contributed by atoms with Gasteiger partial charge in [-0.15, -0.1) is 0 Å². The molecule has 3 N–H and O–H groups in total. The molecule has 28 heavy (non-hydrogen) atoms. The molecule has 2 aromatic rings. The number of methoxy groups -OCH3 is 2. The summed E-state index contributed by atoms with van der Waals surface area (Å²) in [5.74, 6) is 0.0933. The predicted octanol–water partition coefficient (Wildman–Crippen LogP) is 2.17. The van der Waals surface area contributed by atoms with Crippen LogP contribution < -0.4 is 25.4 Å². The Bertz CT molecular complexity index is 890. The number of hydrogen-bond donors (Lipinski definition) is 3. The van der Waals surface area contributed by atoms with E-state index in [1.807, 2.05) is 0 Å². The van der Waals surface area contributed by atoms with Gasteiger partial charge in [0.1, 0.15) is 17.5 Å². The van der Waals surface area contributed by atoms with Crippen molar-refractivity contribution in [3.8, 4) is 11.5 Å². The minimum atomic E-state index is -0.800. The van der Waals surface area contributed by atoms with Crippen LogP contribution in [0, 0.1) is 0 Å². The number of nitrogens with one attached hydrogen (secondary N) is 3. The predicted molar refractivity (Wildman–Crippen MR) is 104 cm³/mol. The summed E-state index contributed by atoms with van der Waals surface area (Å²) >= 11 is 0. The number of carbonyl (C=O) groups is 3. The summed E-state index contributed by atoms with van der Waals surface area (Å²) in [5, 5.41) is 8.14. The van der Waals surface area contributed by atoms with Gasteiger partial charge in [-0.05, 0) is 18.6 Å². The zero-order valence-electron chi connectivity index (χ0n) is 15.6. The van der Waals surface area contributed by atoms with E-state index in [1.54, 1.807) is 42.5 Å². The van der Waals surface area contributed by atoms with Crippen molar-refractivity contribution in [1.82, 2.24) is 5.32 Å². The standard InChI is InChI=1S/C20H21N3O5/c1-27-13-9-12(10-14(11-13)28-2)21-18(24)8-7-17-20(26)22-16-6-4-3-5-15(16)19(25)23-17/h3-6,9-11,17H,7-8H2,1-2H3,(H,21,24)(H,22,26)(H,23,25)/t17-/m0/s1. The molecule has 8 heteroatoms. The number of anilines is 2. The molecule has 0 fully saturated rings. The van der Waals surface area contributed by atoms with Crippen molar-refractivity contribution in [3.05, 3.63) is 48.0 Å². The lowest BCUT2D eigenvalue weighted by Crippen LogP contribution is -2.41. The number of carbonyl (C=O) groups excluding carboxylic acids is 3. The third kappa shape index (κ3) is 4.40. The van der Waals surface area contributed by atoms with Crippen LogP contribution in [-0.4, -0.2) is 38.0 Å². The summed E-state index contributed by atoms with van der Waals surface area (Å²) in [7, 11) is 3.04. The summed E-state index contributed by atoms with van der Waals surface area (Å²) in [6.07, 6.45) is 0.215. The molecule has 0 saturated heterocycles. The highest BCUT2D eigenvalue weighted by Crippen LogP contribution is 2.26. The van der Waals surface area contributed by atoms with E-state index in [-0.39, 0.29) is 30.6 Å². The van der Waals surface area contributed by atoms with Gasteiger partial charge in [-0.1, -0.05) is 12.1 Å². The first kappa shape index (κ1) is 19.2. The summed E-state index contributed by atoms with van der Waals surface area (Å²) in [5.41, 5.74) is 1.37. The minimum absolute atomic E-state index is 0.0498. The van der Waals surface area contributed by atoms with Crippen molar-refractivity contribution in [3.63, 3.8) is 0 Å². The number of para-hydroxylation sites is 1. The number of benzene rings is 2. The Morgan fingerprint density at radius 1 is 1.07 bits per heavy atom. The Morgan fingerprint density at radius 2 is 1.75 bits per heavy atom. The van der Waals surface area contributed by atoms with Crippen LogP contribution in [0.5, 0.6) is 11.5 Å². The van der Waals surface area contributed by atoms with Crippen molar-refractivity contribution < 1.29 is 23.9 Å². The Balaban J connectivity index is 1.62. The number of amides is 3. The van der Waals surface area contributed by atoms with Gasteiger partial charge in [0.05, 0.1) is 25.5 Å². The molecule has 0 bridgehead atoms. The summed E-state index contributed by atoms with van der Waals surface area (Å²) in [6, 6.07) is 11.0. The van der Waals surface area contributed by atoms with Crippen molar-refractivity contribution in [2.24, 2.45) is 0 Å². The first-order valence-corrected chi connectivity index (χ1v) is 8.74. The lowest BCUT2D eigenvalue weighted by molar-refractivity contribution is -0.118. The Labute approximate surface area is 162 Å². The minimum Gasteiger partial charge on any atom is -0.497 e. The molecule has 2 aromatic carbocycles. The second-order valence-electron chi connectivity index (χ2n) is 6.25. The van der Waals surface area contributed by atoms with Crippen molar-refractivity contribution >= 4 is 29.1 Å². The Hall–Kier alpha value is -3.55. The Kier molecular flexibility index (Phi) is 5.78. The quantitative estimate of drug-likeness (QED) is 0.709. The van der Waals surface area contributed by atoms with E-state index in [0.717, 1.165) is 0 Å². The summed E-state index contributed by atoms with van der Waals surface area (Å²) in [6.45, 7) is 0. The number of fused-ring (bicyclic) bond motifs is 1. The molecule has 1 aliphatic heterocycles. The monoisotopic (exact) mass is 383 g/mol. The number of ether oxygens (including phenoxy) is 2. The lowest BCUT2D eigenvalue weighted by atomic mass is 10.1. The third-order valence-corrected chi connectivity index (χ3v) is 4.35. The molecule has 1 aliphatic rings. The van der Waals surface area contributed by atoms with Crippen molar-refractivity contribution in [2.45, 2.75) is 18.9 Å². The smallest absolute Gasteiger partial charge is 0.254 e. The molecule has 0 aromatic heterocycles. The zero-order valence-corrected chi connectivity index (χ0v) is 15.6. The largest absolute Gasteiger partial charge is 0.497 e. The topological polar surface area (TPSA) is 106 Å². The maximum absolute atomic E-state index is 12.4. The fourth-order valence-electron chi connectivity index (χ4n) is 2.89. The molecule has 0 unspecified atom stereocenters. The molecular formula is C20H21N3O5. The van der Waals surface area contributed by atoms with Crippen LogP contribution in [0.25, 0.3) is 0 Å². The van der Waals surface area contributed by atoms with E-state index >= 15 is 0 Å². The average molecular weight is 383 g/mol. The van der Waals surface area contributed by atoms with E-state index in [1.165, 1.54) is 14.2 Å². The van der Waals surface area contributed by atoms with E-state index in [0.29, 0.717) is 28.4 Å². The van der Waals surface area contributed by atoms with E-state index in [4.69, 9.17) is 9.47 Å². The SMILES string of the molecule is COc1cc(NC(=O)CC[C@@H]2NC(=O)c3ccccc3NC2=O)cc(OC)c1. The molecule has 0 spiro atoms. The van der Waals surface area contributed by atoms with E-state index in [9.17, 15) is 14.4 Å². The molecule has 3 amide bonds. The highest BCUT2D eigenvalue weighted by atomic mass is 16.5. The first-order valence-electron chi connectivity index (χ1n) is 8.74. The van der Waals surface area contributed by atoms with Gasteiger partial charge in [0.25, 0.3) is 5.91 Å². The lowest BCUT2D eigenvalue weighted by Gasteiger charge is -2.14. The van der Waals surface area contributed by atoms with Crippen LogP contribution in [0.15, 0.2) is 42.5 Å². The van der Waals surface area contributed by atoms with Crippen LogP contribution in [0.2, 0.25) is 0 Å².